The van der Waals surface area contributed by atoms with E-state index >= 15 is 0 Å². The van der Waals surface area contributed by atoms with Crippen LogP contribution in [0.25, 0.3) is 0 Å². The molecule has 0 fully saturated rings. The van der Waals surface area contributed by atoms with Crippen molar-refractivity contribution >= 4 is 0 Å². The minimum absolute atomic E-state index is 0.885. The zero-order chi connectivity index (χ0) is 4.83. The summed E-state index contributed by atoms with van der Waals surface area (Å²) in [6, 6.07) is 0. The molecule has 0 heteroatoms. The van der Waals surface area contributed by atoms with Crippen molar-refractivity contribution in [1.29, 1.82) is 0 Å². The summed E-state index contributed by atoms with van der Waals surface area (Å²) < 4.78 is 0. The van der Waals surface area contributed by atoms with Gasteiger partial charge in [0.15, 0.2) is 0 Å². The molecule has 0 unspecified atom stereocenters. The summed E-state index contributed by atoms with van der Waals surface area (Å²) in [7, 11) is 0. The topological polar surface area (TPSA) is 0 Å². The molecular weight excluding hydrogens is 72.1 g/mol. The van der Waals surface area contributed by atoms with Crippen molar-refractivity contribution in [3.8, 4) is 0 Å². The maximum atomic E-state index is 5.04. The molecule has 0 spiro atoms. The van der Waals surface area contributed by atoms with Crippen LogP contribution in [-0.2, 0) is 0 Å². The second kappa shape index (κ2) is 4.48. The molecule has 0 aliphatic heterocycles. The smallest absolute Gasteiger partial charge is 0.0166 e. The summed E-state index contributed by atoms with van der Waals surface area (Å²) in [4.78, 5) is 0. The van der Waals surface area contributed by atoms with Crippen molar-refractivity contribution in [3.63, 3.8) is 0 Å². The van der Waals surface area contributed by atoms with E-state index in [1.165, 1.54) is 0 Å². The second-order valence-corrected chi connectivity index (χ2v) is 1.04. The Morgan fingerprint density at radius 2 is 2.33 bits per heavy atom. The van der Waals surface area contributed by atoms with E-state index in [4.69, 9.17) is 6.58 Å². The third-order valence-electron chi connectivity index (χ3n) is 0.508. The summed E-state index contributed by atoms with van der Waals surface area (Å²) in [6.45, 7) is 7.01. The van der Waals surface area contributed by atoms with Crippen molar-refractivity contribution in [1.82, 2.24) is 0 Å². The van der Waals surface area contributed by atoms with E-state index in [1.807, 2.05) is 19.1 Å². The van der Waals surface area contributed by atoms with Crippen LogP contribution in [-0.4, -0.2) is 0 Å². The van der Waals surface area contributed by atoms with Crippen molar-refractivity contribution in [2.75, 3.05) is 0 Å². The molecule has 0 aromatic heterocycles. The number of allylic oxidation sites excluding steroid dienone is 3. The van der Waals surface area contributed by atoms with Gasteiger partial charge >= 0.3 is 0 Å². The predicted octanol–water partition coefficient (Wildman–Crippen LogP) is 1.94. The lowest BCUT2D eigenvalue weighted by atomic mass is 10.4. The van der Waals surface area contributed by atoms with Crippen molar-refractivity contribution in [2.24, 2.45) is 0 Å². The molecule has 0 aliphatic rings. The Bertz CT molecular complexity index is 51.1. The highest BCUT2D eigenvalue weighted by atomic mass is 13.6. The quantitative estimate of drug-likeness (QED) is 0.445. The molecular formula is C6H9. The van der Waals surface area contributed by atoms with Gasteiger partial charge in [0.2, 0.25) is 0 Å². The molecule has 0 atom stereocenters. The Balaban J connectivity index is 2.85. The summed E-state index contributed by atoms with van der Waals surface area (Å²) in [6.07, 6.45) is 6.49. The molecule has 6 heavy (non-hydrogen) atoms. The summed E-state index contributed by atoms with van der Waals surface area (Å²) >= 11 is 0. The SMILES string of the molecule is [CH]=CCC=CC. The van der Waals surface area contributed by atoms with Gasteiger partial charge in [-0.15, -0.1) is 0 Å². The fourth-order valence-electron chi connectivity index (χ4n) is 0.215. The number of rotatable bonds is 2. The molecule has 1 radical (unpaired) electrons. The largest absolute Gasteiger partial charge is 0.0914 e. The Hall–Kier alpha value is -0.520. The van der Waals surface area contributed by atoms with E-state index in [9.17, 15) is 0 Å². The van der Waals surface area contributed by atoms with Crippen LogP contribution in [0.15, 0.2) is 18.2 Å². The van der Waals surface area contributed by atoms with Crippen molar-refractivity contribution in [2.45, 2.75) is 13.3 Å². The molecule has 0 aromatic carbocycles. The van der Waals surface area contributed by atoms with Crippen LogP contribution in [0.3, 0.4) is 0 Å². The first kappa shape index (κ1) is 5.48. The molecule has 0 rings (SSSR count). The fraction of sp³-hybridized carbons (Fsp3) is 0.333. The molecule has 0 nitrogen and oxygen atoms in total. The Labute approximate surface area is 39.2 Å². The Morgan fingerprint density at radius 1 is 1.67 bits per heavy atom. The lowest BCUT2D eigenvalue weighted by Crippen LogP contribution is -1.48. The molecule has 0 aromatic rings. The zero-order valence-electron chi connectivity index (χ0n) is 4.02. The highest BCUT2D eigenvalue weighted by Crippen LogP contribution is 1.78. The second-order valence-electron chi connectivity index (χ2n) is 1.04. The molecule has 0 bridgehead atoms. The molecule has 0 heterocycles. The average molecular weight is 81.1 g/mol. The summed E-state index contributed by atoms with van der Waals surface area (Å²) in [5, 5.41) is 0. The van der Waals surface area contributed by atoms with Gasteiger partial charge in [0.1, 0.15) is 0 Å². The minimum Gasteiger partial charge on any atom is -0.0914 e. The van der Waals surface area contributed by atoms with Gasteiger partial charge in [-0.1, -0.05) is 24.8 Å². The van der Waals surface area contributed by atoms with Crippen LogP contribution >= 0.6 is 0 Å². The zero-order valence-corrected chi connectivity index (χ0v) is 4.02. The van der Waals surface area contributed by atoms with Crippen LogP contribution in [0.2, 0.25) is 0 Å². The van der Waals surface area contributed by atoms with Gasteiger partial charge in [-0.3, -0.25) is 0 Å². The van der Waals surface area contributed by atoms with Gasteiger partial charge in [-0.2, -0.15) is 0 Å². The standard InChI is InChI=1S/C6H9/c1-3-5-6-4-2/h1,3-4,6H,5H2,2H3. The first-order chi connectivity index (χ1) is 2.91. The normalized spacial score (nSPS) is 9.50. The van der Waals surface area contributed by atoms with E-state index < -0.39 is 0 Å². The maximum absolute atomic E-state index is 5.04. The van der Waals surface area contributed by atoms with Gasteiger partial charge < -0.3 is 0 Å². The molecule has 0 amide bonds. The molecule has 0 saturated carbocycles. The predicted molar refractivity (Wildman–Crippen MR) is 28.3 cm³/mol. The van der Waals surface area contributed by atoms with E-state index in [-0.39, 0.29) is 0 Å². The molecule has 0 aliphatic carbocycles. The first-order valence-electron chi connectivity index (χ1n) is 2.06. The Kier molecular flexibility index (Phi) is 4.09. The number of hydrogen-bond acceptors (Lipinski definition) is 0. The molecule has 0 N–H and O–H groups in total. The minimum atomic E-state index is 0.885. The van der Waals surface area contributed by atoms with Crippen molar-refractivity contribution < 1.29 is 0 Å². The van der Waals surface area contributed by atoms with Gasteiger partial charge in [0.25, 0.3) is 0 Å². The van der Waals surface area contributed by atoms with E-state index in [0.29, 0.717) is 0 Å². The van der Waals surface area contributed by atoms with Crippen LogP contribution in [0.1, 0.15) is 13.3 Å². The average Bonchev–Trinajstić information content (AvgIpc) is 1.61. The highest BCUT2D eigenvalue weighted by molar-refractivity contribution is 4.83. The van der Waals surface area contributed by atoms with Gasteiger partial charge in [-0.25, -0.2) is 0 Å². The van der Waals surface area contributed by atoms with Crippen LogP contribution in [0, 0.1) is 6.58 Å². The van der Waals surface area contributed by atoms with Gasteiger partial charge in [0.05, 0.1) is 0 Å². The van der Waals surface area contributed by atoms with E-state index in [1.54, 1.807) is 6.08 Å². The monoisotopic (exact) mass is 81.1 g/mol. The van der Waals surface area contributed by atoms with Crippen LogP contribution in [0.4, 0.5) is 0 Å². The Morgan fingerprint density at radius 3 is 2.50 bits per heavy atom. The third kappa shape index (κ3) is 3.48. The summed E-state index contributed by atoms with van der Waals surface area (Å²) in [5.74, 6) is 0. The van der Waals surface area contributed by atoms with Crippen LogP contribution in [0.5, 0.6) is 0 Å². The van der Waals surface area contributed by atoms with Gasteiger partial charge in [-0.05, 0) is 13.3 Å². The maximum Gasteiger partial charge on any atom is -0.0166 e. The van der Waals surface area contributed by atoms with E-state index in [2.05, 4.69) is 0 Å². The lowest BCUT2D eigenvalue weighted by Gasteiger charge is -1.69. The fourth-order valence-corrected chi connectivity index (χ4v) is 0.215. The van der Waals surface area contributed by atoms with E-state index in [0.717, 1.165) is 6.42 Å². The van der Waals surface area contributed by atoms with Gasteiger partial charge in [0, 0.05) is 0 Å². The summed E-state index contributed by atoms with van der Waals surface area (Å²) in [5.41, 5.74) is 0. The molecule has 0 saturated heterocycles. The number of hydrogen-bond donors (Lipinski definition) is 0. The first-order valence-corrected chi connectivity index (χ1v) is 2.06. The van der Waals surface area contributed by atoms with Crippen LogP contribution < -0.4 is 0 Å². The third-order valence-corrected chi connectivity index (χ3v) is 0.508. The highest BCUT2D eigenvalue weighted by Gasteiger charge is 1.58. The van der Waals surface area contributed by atoms with Crippen molar-refractivity contribution in [3.05, 3.63) is 24.8 Å². The molecule has 33 valence electrons. The lowest BCUT2D eigenvalue weighted by molar-refractivity contribution is 1.39.